The van der Waals surface area contributed by atoms with Gasteiger partial charge < -0.3 is 15.3 Å². The average Bonchev–Trinajstić information content (AvgIpc) is 1.86. The van der Waals surface area contributed by atoms with E-state index in [9.17, 15) is 22.4 Å². The van der Waals surface area contributed by atoms with E-state index in [2.05, 4.69) is 0 Å². The van der Waals surface area contributed by atoms with Crippen LogP contribution >= 0.6 is 0 Å². The molecule has 0 atom stereocenters. The van der Waals surface area contributed by atoms with E-state index in [0.29, 0.717) is 0 Å². The summed E-state index contributed by atoms with van der Waals surface area (Å²) in [5, 5.41) is 23.0. The van der Waals surface area contributed by atoms with Crippen molar-refractivity contribution in [1.29, 1.82) is 0 Å². The summed E-state index contributed by atoms with van der Waals surface area (Å²) in [5.74, 6) is -14.0. The van der Waals surface area contributed by atoms with Crippen molar-refractivity contribution in [2.24, 2.45) is 0 Å². The summed E-state index contributed by atoms with van der Waals surface area (Å²) in [6.45, 7) is 0. The van der Waals surface area contributed by atoms with Crippen LogP contribution in [0.15, 0.2) is 0 Å². The van der Waals surface area contributed by atoms with Crippen molar-refractivity contribution in [3.05, 3.63) is 0 Å². The van der Waals surface area contributed by atoms with Crippen LogP contribution in [0.1, 0.15) is 0 Å². The van der Waals surface area contributed by atoms with Gasteiger partial charge in [-0.15, -0.1) is 0 Å². The minimum atomic E-state index is -5.50. The third kappa shape index (κ3) is 1.48. The van der Waals surface area contributed by atoms with E-state index >= 15 is 0 Å². The number of halogens is 4. The molecular weight excluding hydrogens is 188 g/mol. The minimum absolute atomic E-state index is 3.12. The van der Waals surface area contributed by atoms with Gasteiger partial charge in [-0.1, -0.05) is 0 Å². The zero-order valence-corrected chi connectivity index (χ0v) is 5.34. The molecule has 0 aromatic rings. The Morgan fingerprint density at radius 1 is 1.17 bits per heavy atom. The normalized spacial score (nSPS) is 13.6. The Bertz CT molecular complexity index is 189. The van der Waals surface area contributed by atoms with Crippen molar-refractivity contribution in [3.8, 4) is 0 Å². The van der Waals surface area contributed by atoms with E-state index in [4.69, 9.17) is 15.3 Å². The Morgan fingerprint density at radius 3 is 1.58 bits per heavy atom. The molecule has 8 heteroatoms. The first-order chi connectivity index (χ1) is 5.14. The lowest BCUT2D eigenvalue weighted by Crippen LogP contribution is -2.54. The summed E-state index contributed by atoms with van der Waals surface area (Å²) in [6.07, 6.45) is -3.72. The number of hydrogen-bond acceptors (Lipinski definition) is 3. The molecule has 0 bridgehead atoms. The van der Waals surface area contributed by atoms with Crippen LogP contribution in [-0.2, 0) is 4.79 Å². The first kappa shape index (κ1) is 11.1. The van der Waals surface area contributed by atoms with E-state index in [1.807, 2.05) is 0 Å². The Hall–Kier alpha value is -0.890. The molecule has 0 rings (SSSR count). The van der Waals surface area contributed by atoms with Gasteiger partial charge in [0.05, 0.1) is 0 Å². The molecule has 0 aliphatic carbocycles. The summed E-state index contributed by atoms with van der Waals surface area (Å²) in [7, 11) is 0. The Morgan fingerprint density at radius 2 is 1.50 bits per heavy atom. The highest BCUT2D eigenvalue weighted by Crippen LogP contribution is 2.36. The third-order valence-electron chi connectivity index (χ3n) is 1.01. The Kier molecular flexibility index (Phi) is 2.65. The van der Waals surface area contributed by atoms with Crippen LogP contribution in [0.25, 0.3) is 0 Å². The van der Waals surface area contributed by atoms with Crippen LogP contribution < -0.4 is 0 Å². The molecule has 72 valence electrons. The molecular formula is C4H4F4O4. The molecule has 0 saturated heterocycles. The summed E-state index contributed by atoms with van der Waals surface area (Å²) in [4.78, 5) is 9.52. The van der Waals surface area contributed by atoms with Gasteiger partial charge in [-0.2, -0.15) is 17.6 Å². The van der Waals surface area contributed by atoms with Gasteiger partial charge >= 0.3 is 17.8 Å². The van der Waals surface area contributed by atoms with Crippen molar-refractivity contribution in [3.63, 3.8) is 0 Å². The van der Waals surface area contributed by atoms with Crippen molar-refractivity contribution in [2.45, 2.75) is 18.1 Å². The van der Waals surface area contributed by atoms with Crippen LogP contribution in [0.5, 0.6) is 0 Å². The second-order valence-electron chi connectivity index (χ2n) is 1.88. The number of carboxylic acids is 1. The lowest BCUT2D eigenvalue weighted by molar-refractivity contribution is -0.297. The standard InChI is InChI=1S/C4H4F4O4/c5-3(6,1(9)10)4(7,8)2(11)12/h1,9-10H,(H,11,12). The number of carboxylic acid groups (broad SMARTS) is 1. The smallest absolute Gasteiger partial charge is 0.409 e. The fraction of sp³-hybridized carbons (Fsp3) is 0.750. The topological polar surface area (TPSA) is 77.8 Å². The van der Waals surface area contributed by atoms with E-state index in [-0.39, 0.29) is 0 Å². The van der Waals surface area contributed by atoms with Crippen LogP contribution in [0.3, 0.4) is 0 Å². The number of rotatable bonds is 3. The molecule has 0 aliphatic rings. The van der Waals surface area contributed by atoms with Gasteiger partial charge in [-0.05, 0) is 0 Å². The molecule has 4 nitrogen and oxygen atoms in total. The molecule has 0 unspecified atom stereocenters. The van der Waals surface area contributed by atoms with Gasteiger partial charge in [0.2, 0.25) is 6.29 Å². The summed E-state index contributed by atoms with van der Waals surface area (Å²) in [6, 6.07) is 0. The number of carbonyl (C=O) groups is 1. The number of alkyl halides is 4. The molecule has 0 heterocycles. The van der Waals surface area contributed by atoms with Gasteiger partial charge in [0.1, 0.15) is 0 Å². The largest absolute Gasteiger partial charge is 0.477 e. The van der Waals surface area contributed by atoms with E-state index < -0.39 is 24.1 Å². The number of hydrogen-bond donors (Lipinski definition) is 3. The highest BCUT2D eigenvalue weighted by molar-refractivity contribution is 5.76. The summed E-state index contributed by atoms with van der Waals surface area (Å²) >= 11 is 0. The highest BCUT2D eigenvalue weighted by Gasteiger charge is 2.66. The number of aliphatic carboxylic acids is 1. The maximum Gasteiger partial charge on any atom is 0.409 e. The molecule has 0 saturated carbocycles. The lowest BCUT2D eigenvalue weighted by atomic mass is 10.1. The van der Waals surface area contributed by atoms with Crippen LogP contribution in [0.4, 0.5) is 17.6 Å². The first-order valence-corrected chi connectivity index (χ1v) is 2.49. The van der Waals surface area contributed by atoms with E-state index in [1.54, 1.807) is 0 Å². The van der Waals surface area contributed by atoms with E-state index in [1.165, 1.54) is 0 Å². The zero-order chi connectivity index (χ0) is 10.2. The molecule has 0 amide bonds. The summed E-state index contributed by atoms with van der Waals surface area (Å²) in [5.41, 5.74) is 0. The minimum Gasteiger partial charge on any atom is -0.477 e. The molecule has 0 radical (unpaired) electrons. The zero-order valence-electron chi connectivity index (χ0n) is 5.34. The predicted molar refractivity (Wildman–Crippen MR) is 25.8 cm³/mol. The fourth-order valence-corrected chi connectivity index (χ4v) is 0.305. The summed E-state index contributed by atoms with van der Waals surface area (Å²) < 4.78 is 47.7. The SMILES string of the molecule is O=C(O)C(F)(F)C(F)(F)C(O)O. The Balaban J connectivity index is 4.88. The van der Waals surface area contributed by atoms with Gasteiger partial charge in [0, 0.05) is 0 Å². The highest BCUT2D eigenvalue weighted by atomic mass is 19.3. The quantitative estimate of drug-likeness (QED) is 0.422. The Labute approximate surface area is 63.0 Å². The second kappa shape index (κ2) is 2.87. The number of aliphatic hydroxyl groups excluding tert-OH is 1. The van der Waals surface area contributed by atoms with Crippen molar-refractivity contribution < 1.29 is 37.7 Å². The van der Waals surface area contributed by atoms with Crippen LogP contribution in [0.2, 0.25) is 0 Å². The van der Waals surface area contributed by atoms with Crippen LogP contribution in [-0.4, -0.2) is 39.4 Å². The molecule has 12 heavy (non-hydrogen) atoms. The molecule has 3 N–H and O–H groups in total. The monoisotopic (exact) mass is 192 g/mol. The van der Waals surface area contributed by atoms with Gasteiger partial charge in [0.15, 0.2) is 0 Å². The van der Waals surface area contributed by atoms with Crippen molar-refractivity contribution in [2.75, 3.05) is 0 Å². The molecule has 0 aromatic heterocycles. The second-order valence-corrected chi connectivity index (χ2v) is 1.88. The molecule has 0 aromatic carbocycles. The van der Waals surface area contributed by atoms with Gasteiger partial charge in [-0.3, -0.25) is 0 Å². The molecule has 0 fully saturated rings. The first-order valence-electron chi connectivity index (χ1n) is 2.49. The lowest BCUT2D eigenvalue weighted by Gasteiger charge is -2.23. The van der Waals surface area contributed by atoms with Gasteiger partial charge in [-0.25, -0.2) is 4.79 Å². The van der Waals surface area contributed by atoms with Crippen LogP contribution in [0, 0.1) is 0 Å². The average molecular weight is 192 g/mol. The maximum absolute atomic E-state index is 11.9. The third-order valence-corrected chi connectivity index (χ3v) is 1.01. The fourth-order valence-electron chi connectivity index (χ4n) is 0.305. The van der Waals surface area contributed by atoms with E-state index in [0.717, 1.165) is 0 Å². The maximum atomic E-state index is 11.9. The predicted octanol–water partition coefficient (Wildman–Crippen LogP) is -0.348. The molecule has 0 aliphatic heterocycles. The molecule has 0 spiro atoms. The van der Waals surface area contributed by atoms with Gasteiger partial charge in [0.25, 0.3) is 0 Å². The number of aliphatic hydroxyl groups is 2. The van der Waals surface area contributed by atoms with Crippen molar-refractivity contribution in [1.82, 2.24) is 0 Å². The van der Waals surface area contributed by atoms with Crippen molar-refractivity contribution >= 4 is 5.97 Å².